The molecule has 15 heavy (non-hydrogen) atoms. The van der Waals surface area contributed by atoms with Gasteiger partial charge in [0.15, 0.2) is 0 Å². The molecule has 1 saturated carbocycles. The van der Waals surface area contributed by atoms with Gasteiger partial charge in [-0.1, -0.05) is 13.8 Å². The van der Waals surface area contributed by atoms with Crippen molar-refractivity contribution >= 4 is 0 Å². The first-order chi connectivity index (χ1) is 7.05. The third-order valence-electron chi connectivity index (χ3n) is 4.38. The van der Waals surface area contributed by atoms with Crippen LogP contribution < -0.4 is 5.73 Å². The summed E-state index contributed by atoms with van der Waals surface area (Å²) in [4.78, 5) is 2.66. The normalized spacial score (nSPS) is 29.8. The van der Waals surface area contributed by atoms with Crippen LogP contribution in [0.15, 0.2) is 0 Å². The van der Waals surface area contributed by atoms with Crippen molar-refractivity contribution < 1.29 is 0 Å². The number of likely N-dealkylation sites (tertiary alicyclic amines) is 1. The average molecular weight is 210 g/mol. The standard InChI is InChI=1S/C13H26N2/c1-12(2)4-3-8-15(9-7-12)11-13(10-14)5-6-13/h3-11,14H2,1-2H3. The SMILES string of the molecule is CC1(C)CCCN(CC2(CN)CC2)CC1. The summed E-state index contributed by atoms with van der Waals surface area (Å²) in [5.41, 5.74) is 6.94. The Hall–Kier alpha value is -0.0800. The first-order valence-corrected chi connectivity index (χ1v) is 6.48. The molecule has 0 aromatic carbocycles. The predicted octanol–water partition coefficient (Wildman–Crippen LogP) is 2.24. The van der Waals surface area contributed by atoms with Crippen molar-refractivity contribution in [3.05, 3.63) is 0 Å². The molecule has 1 heterocycles. The molecule has 1 aliphatic heterocycles. The van der Waals surface area contributed by atoms with Gasteiger partial charge in [0.25, 0.3) is 0 Å². The summed E-state index contributed by atoms with van der Waals surface area (Å²) < 4.78 is 0. The second-order valence-corrected chi connectivity index (χ2v) is 6.50. The van der Waals surface area contributed by atoms with Crippen molar-refractivity contribution in [2.75, 3.05) is 26.2 Å². The van der Waals surface area contributed by atoms with E-state index in [1.54, 1.807) is 0 Å². The van der Waals surface area contributed by atoms with E-state index in [1.807, 2.05) is 0 Å². The quantitative estimate of drug-likeness (QED) is 0.774. The van der Waals surface area contributed by atoms with Gasteiger partial charge in [-0.05, 0) is 62.6 Å². The van der Waals surface area contributed by atoms with Gasteiger partial charge < -0.3 is 10.6 Å². The number of hydrogen-bond donors (Lipinski definition) is 1. The van der Waals surface area contributed by atoms with E-state index < -0.39 is 0 Å². The fourth-order valence-electron chi connectivity index (χ4n) is 2.71. The van der Waals surface area contributed by atoms with Crippen LogP contribution in [0.5, 0.6) is 0 Å². The van der Waals surface area contributed by atoms with Gasteiger partial charge in [-0.3, -0.25) is 0 Å². The molecule has 1 saturated heterocycles. The van der Waals surface area contributed by atoms with Crippen LogP contribution >= 0.6 is 0 Å². The molecule has 2 rings (SSSR count). The Kier molecular flexibility index (Phi) is 3.09. The van der Waals surface area contributed by atoms with Crippen LogP contribution in [0.1, 0.15) is 46.0 Å². The highest BCUT2D eigenvalue weighted by molar-refractivity contribution is 4.96. The average Bonchev–Trinajstić information content (AvgIpc) is 2.95. The van der Waals surface area contributed by atoms with Crippen molar-refractivity contribution in [3.8, 4) is 0 Å². The summed E-state index contributed by atoms with van der Waals surface area (Å²) in [6, 6.07) is 0. The molecule has 2 heteroatoms. The molecule has 2 fully saturated rings. The molecule has 0 radical (unpaired) electrons. The summed E-state index contributed by atoms with van der Waals surface area (Å²) >= 11 is 0. The van der Waals surface area contributed by atoms with Crippen LogP contribution in [-0.2, 0) is 0 Å². The van der Waals surface area contributed by atoms with Gasteiger partial charge in [0.05, 0.1) is 0 Å². The van der Waals surface area contributed by atoms with Gasteiger partial charge in [-0.2, -0.15) is 0 Å². The van der Waals surface area contributed by atoms with Crippen molar-refractivity contribution in [1.29, 1.82) is 0 Å². The first-order valence-electron chi connectivity index (χ1n) is 6.48. The zero-order chi connectivity index (χ0) is 10.9. The van der Waals surface area contributed by atoms with E-state index in [0.29, 0.717) is 10.8 Å². The van der Waals surface area contributed by atoms with E-state index in [9.17, 15) is 0 Å². The van der Waals surface area contributed by atoms with Crippen LogP contribution in [0.25, 0.3) is 0 Å². The van der Waals surface area contributed by atoms with Gasteiger partial charge in [-0.25, -0.2) is 0 Å². The number of nitrogens with zero attached hydrogens (tertiary/aromatic N) is 1. The minimum Gasteiger partial charge on any atom is -0.330 e. The van der Waals surface area contributed by atoms with Crippen LogP contribution in [0.3, 0.4) is 0 Å². The predicted molar refractivity (Wildman–Crippen MR) is 64.8 cm³/mol. The molecule has 0 aromatic rings. The Bertz CT molecular complexity index is 219. The van der Waals surface area contributed by atoms with E-state index >= 15 is 0 Å². The van der Waals surface area contributed by atoms with E-state index in [4.69, 9.17) is 5.73 Å². The van der Waals surface area contributed by atoms with Crippen molar-refractivity contribution in [1.82, 2.24) is 4.90 Å². The van der Waals surface area contributed by atoms with Gasteiger partial charge in [0.1, 0.15) is 0 Å². The number of nitrogens with two attached hydrogens (primary N) is 1. The lowest BCUT2D eigenvalue weighted by Crippen LogP contribution is -2.35. The lowest BCUT2D eigenvalue weighted by Gasteiger charge is -2.26. The smallest absolute Gasteiger partial charge is 0.00501 e. The molecule has 0 unspecified atom stereocenters. The molecule has 0 aromatic heterocycles. The molecule has 0 amide bonds. The molecule has 1 aliphatic carbocycles. The van der Waals surface area contributed by atoms with E-state index in [-0.39, 0.29) is 0 Å². The Morgan fingerprint density at radius 1 is 1.07 bits per heavy atom. The van der Waals surface area contributed by atoms with Gasteiger partial charge in [0, 0.05) is 6.54 Å². The summed E-state index contributed by atoms with van der Waals surface area (Å²) in [6.45, 7) is 9.56. The van der Waals surface area contributed by atoms with Crippen LogP contribution in [0, 0.1) is 10.8 Å². The molecule has 2 nitrogen and oxygen atoms in total. The Balaban J connectivity index is 1.84. The summed E-state index contributed by atoms with van der Waals surface area (Å²) in [6.07, 6.45) is 6.84. The van der Waals surface area contributed by atoms with Crippen LogP contribution in [-0.4, -0.2) is 31.1 Å². The molecule has 0 bridgehead atoms. The number of hydrogen-bond acceptors (Lipinski definition) is 2. The van der Waals surface area contributed by atoms with Crippen molar-refractivity contribution in [2.24, 2.45) is 16.6 Å². The lowest BCUT2D eigenvalue weighted by molar-refractivity contribution is 0.219. The Morgan fingerprint density at radius 2 is 1.80 bits per heavy atom. The molecule has 0 spiro atoms. The molecule has 2 aliphatic rings. The molecule has 2 N–H and O–H groups in total. The maximum atomic E-state index is 5.85. The highest BCUT2D eigenvalue weighted by Gasteiger charge is 2.42. The monoisotopic (exact) mass is 210 g/mol. The molecular weight excluding hydrogens is 184 g/mol. The number of rotatable bonds is 3. The summed E-state index contributed by atoms with van der Waals surface area (Å²) in [5, 5.41) is 0. The van der Waals surface area contributed by atoms with Crippen molar-refractivity contribution in [2.45, 2.75) is 46.0 Å². The highest BCUT2D eigenvalue weighted by Crippen LogP contribution is 2.45. The summed E-state index contributed by atoms with van der Waals surface area (Å²) in [7, 11) is 0. The minimum absolute atomic E-state index is 0.522. The Labute approximate surface area is 94.2 Å². The fourth-order valence-corrected chi connectivity index (χ4v) is 2.71. The zero-order valence-corrected chi connectivity index (χ0v) is 10.4. The lowest BCUT2D eigenvalue weighted by atomic mass is 9.85. The molecular formula is C13H26N2. The Morgan fingerprint density at radius 3 is 2.40 bits per heavy atom. The second-order valence-electron chi connectivity index (χ2n) is 6.50. The minimum atomic E-state index is 0.522. The van der Waals surface area contributed by atoms with E-state index in [0.717, 1.165) is 6.54 Å². The zero-order valence-electron chi connectivity index (χ0n) is 10.4. The fraction of sp³-hybridized carbons (Fsp3) is 1.00. The maximum Gasteiger partial charge on any atom is 0.00501 e. The van der Waals surface area contributed by atoms with E-state index in [1.165, 1.54) is 51.7 Å². The third-order valence-corrected chi connectivity index (χ3v) is 4.38. The highest BCUT2D eigenvalue weighted by atomic mass is 15.1. The van der Waals surface area contributed by atoms with Gasteiger partial charge in [0.2, 0.25) is 0 Å². The molecule has 0 atom stereocenters. The van der Waals surface area contributed by atoms with Crippen molar-refractivity contribution in [3.63, 3.8) is 0 Å². The molecule has 88 valence electrons. The van der Waals surface area contributed by atoms with Gasteiger partial charge >= 0.3 is 0 Å². The maximum absolute atomic E-state index is 5.85. The van der Waals surface area contributed by atoms with Gasteiger partial charge in [-0.15, -0.1) is 0 Å². The topological polar surface area (TPSA) is 29.3 Å². The largest absolute Gasteiger partial charge is 0.330 e. The second kappa shape index (κ2) is 4.06. The summed E-state index contributed by atoms with van der Waals surface area (Å²) in [5.74, 6) is 0. The third kappa shape index (κ3) is 2.94. The first kappa shape index (κ1) is 11.4. The van der Waals surface area contributed by atoms with Crippen LogP contribution in [0.4, 0.5) is 0 Å². The van der Waals surface area contributed by atoms with Crippen LogP contribution in [0.2, 0.25) is 0 Å². The van der Waals surface area contributed by atoms with E-state index in [2.05, 4.69) is 18.7 Å².